The van der Waals surface area contributed by atoms with Crippen molar-refractivity contribution in [2.45, 2.75) is 97.6 Å². The number of carbonyl (C=O) groups excluding carboxylic acids is 2. The maximum atomic E-state index is 11.7. The molecule has 0 saturated carbocycles. The van der Waals surface area contributed by atoms with Crippen molar-refractivity contribution in [3.8, 4) is 44.5 Å². The predicted molar refractivity (Wildman–Crippen MR) is 548 cm³/mol. The van der Waals surface area contributed by atoms with Crippen LogP contribution >= 0.6 is 23.5 Å². The molecule has 19 rings (SSSR count). The Labute approximate surface area is 769 Å². The Hall–Kier alpha value is -14.2. The number of hydrogen-bond acceptors (Lipinski definition) is 11. The summed E-state index contributed by atoms with van der Waals surface area (Å²) in [6.07, 6.45) is 17.6. The number of anilines is 16. The first-order valence-corrected chi connectivity index (χ1v) is 46.8. The van der Waals surface area contributed by atoms with E-state index in [2.05, 4.69) is 384 Å². The van der Waals surface area contributed by atoms with Crippen LogP contribution in [-0.4, -0.2) is 38.9 Å². The number of hydrogen-bond donors (Lipinski definition) is 0. The molecule has 9 nitrogen and oxygen atoms in total. The molecule has 3 aliphatic rings. The van der Waals surface area contributed by atoms with Crippen molar-refractivity contribution in [2.24, 2.45) is 0 Å². The van der Waals surface area contributed by atoms with Gasteiger partial charge in [0.15, 0.2) is 0 Å². The number of rotatable bonds is 30. The first kappa shape index (κ1) is 86.9. The summed E-state index contributed by atoms with van der Waals surface area (Å²) in [6.45, 7) is 16.4. The van der Waals surface area contributed by atoms with Crippen LogP contribution in [0.15, 0.2) is 421 Å². The smallest absolute Gasteiger partial charge is 0.150 e. The summed E-state index contributed by atoms with van der Waals surface area (Å²) in [6, 6.07) is 138. The van der Waals surface area contributed by atoms with E-state index in [4.69, 9.17) is 4.74 Å². The molecule has 0 bridgehead atoms. The zero-order chi connectivity index (χ0) is 88.0. The van der Waals surface area contributed by atoms with E-state index in [1.807, 2.05) is 84.6 Å². The fourth-order valence-corrected chi connectivity index (χ4v) is 19.4. The van der Waals surface area contributed by atoms with Crippen molar-refractivity contribution in [3.05, 3.63) is 424 Å². The van der Waals surface area contributed by atoms with Crippen LogP contribution in [0.1, 0.15) is 110 Å². The molecule has 1 saturated heterocycles. The number of benzene rings is 16. The highest BCUT2D eigenvalue weighted by Crippen LogP contribution is 2.55. The van der Waals surface area contributed by atoms with Gasteiger partial charge in [0, 0.05) is 125 Å². The summed E-state index contributed by atoms with van der Waals surface area (Å²) < 4.78 is 4.94. The average Bonchev–Trinajstić information content (AvgIpc) is 0.841. The number of ether oxygens (including phenoxy) is 1. The molecule has 16 aromatic carbocycles. The molecule has 3 aliphatic heterocycles. The van der Waals surface area contributed by atoms with Crippen LogP contribution in [0.5, 0.6) is 0 Å². The van der Waals surface area contributed by atoms with Gasteiger partial charge in [-0.2, -0.15) is 0 Å². The molecule has 11 heteroatoms. The van der Waals surface area contributed by atoms with Gasteiger partial charge in [0.05, 0.1) is 22.7 Å². The Morgan fingerprint density at radius 1 is 0.264 bits per heavy atom. The van der Waals surface area contributed by atoms with Crippen LogP contribution in [0.2, 0.25) is 0 Å². The number of aldehydes is 2. The van der Waals surface area contributed by atoms with Gasteiger partial charge in [0.25, 0.3) is 0 Å². The molecule has 129 heavy (non-hydrogen) atoms. The van der Waals surface area contributed by atoms with E-state index in [-0.39, 0.29) is 0 Å². The molecule has 1 fully saturated rings. The van der Waals surface area contributed by atoms with Crippen molar-refractivity contribution in [1.82, 2.24) is 0 Å². The monoisotopic (exact) mass is 1720 g/mol. The minimum Gasteiger partial charge on any atom is -0.381 e. The van der Waals surface area contributed by atoms with Gasteiger partial charge in [0.2, 0.25) is 0 Å². The average molecular weight is 1720 g/mol. The maximum absolute atomic E-state index is 11.7. The van der Waals surface area contributed by atoms with Crippen LogP contribution < -0.4 is 29.4 Å². The molecule has 0 amide bonds. The van der Waals surface area contributed by atoms with E-state index in [1.165, 1.54) is 127 Å². The summed E-state index contributed by atoms with van der Waals surface area (Å²) in [7, 11) is 0. The summed E-state index contributed by atoms with van der Waals surface area (Å²) in [5, 5.41) is 0. The van der Waals surface area contributed by atoms with Crippen molar-refractivity contribution >= 4 is 139 Å². The van der Waals surface area contributed by atoms with Crippen LogP contribution in [-0.2, 0) is 4.74 Å². The zero-order valence-electron chi connectivity index (χ0n) is 73.3. The largest absolute Gasteiger partial charge is 0.381 e. The van der Waals surface area contributed by atoms with Crippen LogP contribution in [0, 0.1) is 0 Å². The van der Waals surface area contributed by atoms with Crippen molar-refractivity contribution in [1.29, 1.82) is 0 Å². The molecule has 0 aliphatic carbocycles. The Bertz CT molecular complexity index is 5650. The van der Waals surface area contributed by atoms with E-state index in [1.54, 1.807) is 11.8 Å². The van der Waals surface area contributed by atoms with E-state index in [0.29, 0.717) is 11.1 Å². The molecule has 0 aromatic heterocycles. The quantitative estimate of drug-likeness (QED) is 0.0320. The number of fused-ring (bicyclic) bond motifs is 4. The van der Waals surface area contributed by atoms with Gasteiger partial charge in [-0.25, -0.2) is 0 Å². The van der Waals surface area contributed by atoms with E-state index in [9.17, 15) is 9.59 Å². The first-order valence-electron chi connectivity index (χ1n) is 45.1. The van der Waals surface area contributed by atoms with Gasteiger partial charge in [-0.05, 0) is 275 Å². The lowest BCUT2D eigenvalue weighted by molar-refractivity contribution is 0.111. The minimum atomic E-state index is 0.640. The molecule has 638 valence electrons. The second-order valence-electron chi connectivity index (χ2n) is 32.6. The standard InChI is InChI=1S/C58H51N3S.C56H47N3O2S.C4H8O/c1-4-7-8-15-40-59-55-38-36-53(60(49-28-20-43(5-2)21-29-49)51-32-24-47(25-33-51)45-16-11-9-12-17-45)41-57(55)62-58-42-54(37-39-56(58)59)61(50-30-22-44(6-3)23-31-50)52-34-26-48(27-35-52)46-18-13-10-14-19-46;1-2-3-4-11-36-57-53-34-32-51(58(47-24-16-41(39-60)17-25-47)49-28-20-45(21-29-49)43-12-7-5-8-13-43)37-55(53)62-56-38-52(33-35-54(56)57)59(48-26-18-42(40-61)19-27-48)50-30-22-46(23-31-50)44-14-9-6-10-15-44;1-2-4-5-3-1/h5-6,9-14,16-39,41-42H,2-4,7-8,15,40H2,1H3;5-10,12-35,37-40H,2-4,11,36H2,1H3;1-4H2. The molecule has 0 N–H and O–H groups in total. The van der Waals surface area contributed by atoms with Gasteiger partial charge >= 0.3 is 0 Å². The van der Waals surface area contributed by atoms with Gasteiger partial charge in [-0.15, -0.1) is 0 Å². The van der Waals surface area contributed by atoms with Gasteiger partial charge in [-0.1, -0.05) is 295 Å². The first-order chi connectivity index (χ1) is 63.7. The van der Waals surface area contributed by atoms with Crippen LogP contribution in [0.25, 0.3) is 56.7 Å². The van der Waals surface area contributed by atoms with E-state index in [0.717, 1.165) is 142 Å². The number of nitrogens with zero attached hydrogens (tertiary/aromatic N) is 6. The van der Waals surface area contributed by atoms with Gasteiger partial charge in [-0.3, -0.25) is 9.59 Å². The van der Waals surface area contributed by atoms with Gasteiger partial charge in [0.1, 0.15) is 12.6 Å². The minimum absolute atomic E-state index is 0.640. The molecular weight excluding hydrogens is 1610 g/mol. The van der Waals surface area contributed by atoms with Gasteiger partial charge < -0.3 is 34.1 Å². The Kier molecular flexibility index (Phi) is 28.6. The summed E-state index contributed by atoms with van der Waals surface area (Å²) in [5.74, 6) is 0. The van der Waals surface area contributed by atoms with Crippen molar-refractivity contribution < 1.29 is 14.3 Å². The third-order valence-corrected chi connectivity index (χ3v) is 26.2. The zero-order valence-corrected chi connectivity index (χ0v) is 74.9. The van der Waals surface area contributed by atoms with Crippen LogP contribution in [0.3, 0.4) is 0 Å². The Morgan fingerprint density at radius 3 is 0.690 bits per heavy atom. The third-order valence-electron chi connectivity index (χ3n) is 24.0. The van der Waals surface area contributed by atoms with E-state index >= 15 is 0 Å². The fourth-order valence-electron chi connectivity index (χ4n) is 17.1. The molecule has 0 spiro atoms. The topological polar surface area (TPSA) is 62.8 Å². The Balaban J connectivity index is 0.000000172. The maximum Gasteiger partial charge on any atom is 0.150 e. The Morgan fingerprint density at radius 2 is 0.481 bits per heavy atom. The predicted octanol–water partition coefficient (Wildman–Crippen LogP) is 34.0. The summed E-state index contributed by atoms with van der Waals surface area (Å²) >= 11 is 3.66. The highest BCUT2D eigenvalue weighted by atomic mass is 32.2. The third kappa shape index (κ3) is 20.6. The van der Waals surface area contributed by atoms with Crippen LogP contribution in [0.4, 0.5) is 91.0 Å². The normalized spacial score (nSPS) is 12.1. The lowest BCUT2D eigenvalue weighted by atomic mass is 10.0. The lowest BCUT2D eigenvalue weighted by Crippen LogP contribution is -2.22. The highest BCUT2D eigenvalue weighted by molar-refractivity contribution is 8.00. The second-order valence-corrected chi connectivity index (χ2v) is 34.7. The number of unbranched alkanes of at least 4 members (excludes halogenated alkanes) is 6. The fraction of sp³-hybridized carbons (Fsp3) is 0.136. The van der Waals surface area contributed by atoms with Crippen molar-refractivity contribution in [3.63, 3.8) is 0 Å². The molecule has 16 aromatic rings. The molecule has 3 heterocycles. The molecule has 0 atom stereocenters. The van der Waals surface area contributed by atoms with E-state index < -0.39 is 0 Å². The molecule has 0 unspecified atom stereocenters. The molecular formula is C118H106N6O3S2. The highest BCUT2D eigenvalue weighted by Gasteiger charge is 2.30. The number of carbonyl (C=O) groups is 2. The second kappa shape index (κ2) is 42.4. The molecule has 0 radical (unpaired) electrons. The van der Waals surface area contributed by atoms with Crippen molar-refractivity contribution in [2.75, 3.05) is 55.7 Å². The summed E-state index contributed by atoms with van der Waals surface area (Å²) in [5.41, 5.74) is 30.5. The SMILES string of the molecule is C1CCOC1.C=Cc1ccc(N(c2ccc(-c3ccccc3)cc2)c2ccc3c(c2)Sc2cc(N(c4ccc(C=C)cc4)c4ccc(-c5ccccc5)cc4)ccc2N3CCCCCC)cc1.CCCCCCN1c2ccc(N(c3ccc(C=O)cc3)c3ccc(-c4ccccc4)cc3)cc2Sc2cc(N(c3ccc(C=O)cc3)c3ccc(-c4ccccc4)cc3)ccc21. The lowest BCUT2D eigenvalue weighted by Gasteiger charge is -2.35. The summed E-state index contributed by atoms with van der Waals surface area (Å²) in [4.78, 5) is 42.5.